The van der Waals surface area contributed by atoms with Crippen LogP contribution in [0, 0.1) is 17.8 Å². The van der Waals surface area contributed by atoms with Gasteiger partial charge in [-0.3, -0.25) is 0 Å². The topological polar surface area (TPSA) is 12.0 Å². The summed E-state index contributed by atoms with van der Waals surface area (Å²) in [5.74, 6) is 3.02. The zero-order valence-electron chi connectivity index (χ0n) is 13.0. The monoisotopic (exact) mass is 253 g/mol. The van der Waals surface area contributed by atoms with Crippen molar-refractivity contribution in [3.63, 3.8) is 0 Å². The second-order valence-corrected chi connectivity index (χ2v) is 6.39. The molecule has 0 heterocycles. The number of hydrogen-bond acceptors (Lipinski definition) is 1. The maximum absolute atomic E-state index is 3.42. The molecule has 1 fully saturated rings. The Hall–Kier alpha value is -0.0400. The van der Waals surface area contributed by atoms with Crippen LogP contribution in [0.3, 0.4) is 0 Å². The Morgan fingerprint density at radius 3 is 2.39 bits per heavy atom. The first-order valence-electron chi connectivity index (χ1n) is 8.46. The van der Waals surface area contributed by atoms with Crippen molar-refractivity contribution in [2.24, 2.45) is 17.8 Å². The van der Waals surface area contributed by atoms with Crippen LogP contribution in [0.1, 0.15) is 78.1 Å². The zero-order valence-corrected chi connectivity index (χ0v) is 13.0. The van der Waals surface area contributed by atoms with Gasteiger partial charge >= 0.3 is 0 Å². The van der Waals surface area contributed by atoms with E-state index in [0.29, 0.717) is 0 Å². The third-order valence-electron chi connectivity index (χ3n) is 4.84. The van der Waals surface area contributed by atoms with Crippen LogP contribution >= 0.6 is 0 Å². The summed E-state index contributed by atoms with van der Waals surface area (Å²) in [6.45, 7) is 5.90. The Morgan fingerprint density at radius 1 is 0.889 bits per heavy atom. The van der Waals surface area contributed by atoms with Crippen molar-refractivity contribution in [3.05, 3.63) is 0 Å². The number of unbranched alkanes of at least 4 members (excludes halogenated alkanes) is 3. The summed E-state index contributed by atoms with van der Waals surface area (Å²) in [4.78, 5) is 0. The van der Waals surface area contributed by atoms with Gasteiger partial charge in [-0.1, -0.05) is 65.2 Å². The van der Waals surface area contributed by atoms with Crippen molar-refractivity contribution >= 4 is 0 Å². The summed E-state index contributed by atoms with van der Waals surface area (Å²) in [7, 11) is 2.12. The van der Waals surface area contributed by atoms with Gasteiger partial charge in [-0.25, -0.2) is 0 Å². The molecule has 1 nitrogen and oxygen atoms in total. The Balaban J connectivity index is 2.34. The summed E-state index contributed by atoms with van der Waals surface area (Å²) in [6, 6.07) is 0. The lowest BCUT2D eigenvalue weighted by atomic mass is 9.71. The molecule has 0 spiro atoms. The van der Waals surface area contributed by atoms with Crippen LogP contribution in [0.15, 0.2) is 0 Å². The highest BCUT2D eigenvalue weighted by molar-refractivity contribution is 4.81. The molecule has 1 heteroatoms. The molecule has 0 bridgehead atoms. The zero-order chi connectivity index (χ0) is 13.2. The van der Waals surface area contributed by atoms with E-state index in [1.807, 2.05) is 0 Å². The largest absolute Gasteiger partial charge is 0.319 e. The summed E-state index contributed by atoms with van der Waals surface area (Å²) < 4.78 is 0. The standard InChI is InChI=1S/C17H35N/c1-4-6-7-8-10-16-13-15(9-5-2)11-12-17(16)14-18-3/h15-18H,4-14H2,1-3H3. The van der Waals surface area contributed by atoms with Crippen LogP contribution in [-0.2, 0) is 0 Å². The second kappa shape index (κ2) is 9.83. The smallest absolute Gasteiger partial charge is 0.00209 e. The predicted octanol–water partition coefficient (Wildman–Crippen LogP) is 5.01. The van der Waals surface area contributed by atoms with Gasteiger partial charge in [0.05, 0.1) is 0 Å². The highest BCUT2D eigenvalue weighted by Gasteiger charge is 2.28. The average molecular weight is 253 g/mol. The van der Waals surface area contributed by atoms with Gasteiger partial charge in [0, 0.05) is 0 Å². The highest BCUT2D eigenvalue weighted by Crippen LogP contribution is 2.38. The lowest BCUT2D eigenvalue weighted by Gasteiger charge is -2.36. The minimum absolute atomic E-state index is 0.963. The number of hydrogen-bond donors (Lipinski definition) is 1. The molecule has 0 saturated heterocycles. The molecule has 1 rings (SSSR count). The van der Waals surface area contributed by atoms with Crippen molar-refractivity contribution in [2.75, 3.05) is 13.6 Å². The molecule has 1 aliphatic rings. The van der Waals surface area contributed by atoms with Crippen LogP contribution < -0.4 is 5.32 Å². The van der Waals surface area contributed by atoms with Crippen molar-refractivity contribution in [3.8, 4) is 0 Å². The van der Waals surface area contributed by atoms with Gasteiger partial charge in [0.15, 0.2) is 0 Å². The molecule has 18 heavy (non-hydrogen) atoms. The Kier molecular flexibility index (Phi) is 8.75. The van der Waals surface area contributed by atoms with Gasteiger partial charge in [-0.2, -0.15) is 0 Å². The minimum atomic E-state index is 0.963. The molecule has 0 amide bonds. The van der Waals surface area contributed by atoms with E-state index in [4.69, 9.17) is 0 Å². The fraction of sp³-hybridized carbons (Fsp3) is 1.00. The maximum atomic E-state index is 3.42. The van der Waals surface area contributed by atoms with Gasteiger partial charge in [0.1, 0.15) is 0 Å². The van der Waals surface area contributed by atoms with E-state index in [9.17, 15) is 0 Å². The van der Waals surface area contributed by atoms with Gasteiger partial charge in [-0.05, 0) is 44.2 Å². The van der Waals surface area contributed by atoms with E-state index >= 15 is 0 Å². The van der Waals surface area contributed by atoms with E-state index in [-0.39, 0.29) is 0 Å². The first-order valence-corrected chi connectivity index (χ1v) is 8.46. The SMILES string of the molecule is CCCCCCC1CC(CCC)CCC1CNC. The first kappa shape index (κ1) is 16.0. The summed E-state index contributed by atoms with van der Waals surface area (Å²) in [5.41, 5.74) is 0. The first-order chi connectivity index (χ1) is 8.81. The lowest BCUT2D eigenvalue weighted by molar-refractivity contribution is 0.158. The molecule has 0 aromatic heterocycles. The molecule has 3 unspecified atom stereocenters. The second-order valence-electron chi connectivity index (χ2n) is 6.39. The quantitative estimate of drug-likeness (QED) is 0.570. The minimum Gasteiger partial charge on any atom is -0.319 e. The summed E-state index contributed by atoms with van der Waals surface area (Å²) in [5, 5.41) is 3.42. The Labute approximate surface area is 115 Å². The van der Waals surface area contributed by atoms with Crippen molar-refractivity contribution < 1.29 is 0 Å². The molecule has 0 aromatic carbocycles. The predicted molar refractivity (Wildman–Crippen MR) is 81.9 cm³/mol. The molecule has 0 aliphatic heterocycles. The van der Waals surface area contributed by atoms with Crippen LogP contribution in [0.2, 0.25) is 0 Å². The van der Waals surface area contributed by atoms with Crippen molar-refractivity contribution in [2.45, 2.75) is 78.1 Å². The molecular formula is C17H35N. The van der Waals surface area contributed by atoms with E-state index in [2.05, 4.69) is 26.2 Å². The van der Waals surface area contributed by atoms with Crippen molar-refractivity contribution in [1.29, 1.82) is 0 Å². The van der Waals surface area contributed by atoms with Gasteiger partial charge in [0.2, 0.25) is 0 Å². The number of nitrogens with one attached hydrogen (secondary N) is 1. The Bertz CT molecular complexity index is 190. The molecule has 1 saturated carbocycles. The fourth-order valence-corrected chi connectivity index (χ4v) is 3.81. The lowest BCUT2D eigenvalue weighted by Crippen LogP contribution is -2.31. The third kappa shape index (κ3) is 5.73. The molecule has 108 valence electrons. The highest BCUT2D eigenvalue weighted by atomic mass is 14.8. The molecular weight excluding hydrogens is 218 g/mol. The average Bonchev–Trinajstić information content (AvgIpc) is 2.38. The van der Waals surface area contributed by atoms with Gasteiger partial charge in [0.25, 0.3) is 0 Å². The molecule has 0 aromatic rings. The van der Waals surface area contributed by atoms with Crippen LogP contribution in [0.5, 0.6) is 0 Å². The fourth-order valence-electron chi connectivity index (χ4n) is 3.81. The molecule has 0 radical (unpaired) electrons. The maximum Gasteiger partial charge on any atom is -0.00209 e. The Morgan fingerprint density at radius 2 is 1.72 bits per heavy atom. The van der Waals surface area contributed by atoms with Gasteiger partial charge in [-0.15, -0.1) is 0 Å². The number of rotatable bonds is 9. The van der Waals surface area contributed by atoms with Crippen LogP contribution in [-0.4, -0.2) is 13.6 Å². The van der Waals surface area contributed by atoms with Crippen LogP contribution in [0.4, 0.5) is 0 Å². The normalized spacial score (nSPS) is 28.5. The van der Waals surface area contributed by atoms with E-state index in [0.717, 1.165) is 17.8 Å². The van der Waals surface area contributed by atoms with Gasteiger partial charge < -0.3 is 5.32 Å². The molecule has 1 aliphatic carbocycles. The molecule has 3 atom stereocenters. The van der Waals surface area contributed by atoms with E-state index in [1.54, 1.807) is 0 Å². The van der Waals surface area contributed by atoms with E-state index in [1.165, 1.54) is 70.8 Å². The van der Waals surface area contributed by atoms with E-state index < -0.39 is 0 Å². The van der Waals surface area contributed by atoms with Crippen molar-refractivity contribution in [1.82, 2.24) is 5.32 Å². The third-order valence-corrected chi connectivity index (χ3v) is 4.84. The summed E-state index contributed by atoms with van der Waals surface area (Å²) in [6.07, 6.45) is 14.6. The summed E-state index contributed by atoms with van der Waals surface area (Å²) >= 11 is 0. The van der Waals surface area contributed by atoms with Crippen LogP contribution in [0.25, 0.3) is 0 Å². The molecule has 1 N–H and O–H groups in total.